The maximum Gasteiger partial charge on any atom is 0.261 e. The van der Waals surface area contributed by atoms with Crippen LogP contribution in [0, 0.1) is 6.92 Å². The molecule has 2 aromatic carbocycles. The Labute approximate surface area is 152 Å². The zero-order valence-corrected chi connectivity index (χ0v) is 15.9. The first-order valence-corrected chi connectivity index (χ1v) is 10.3. The molecular formula is C18H20N2O3S2. The van der Waals surface area contributed by atoms with Gasteiger partial charge < -0.3 is 4.90 Å². The number of aryl methyl sites for hydroxylation is 1. The van der Waals surface area contributed by atoms with Crippen molar-refractivity contribution in [1.29, 1.82) is 0 Å². The summed E-state index contributed by atoms with van der Waals surface area (Å²) in [4.78, 5) is 14.7. The molecule has 1 heterocycles. The van der Waals surface area contributed by atoms with E-state index < -0.39 is 10.0 Å². The SMILES string of the molecule is CC(=O)N1C[C@H](C)Sc2ccc(S(=O)(=O)Nc3cccc(C)c3)cc21. The topological polar surface area (TPSA) is 66.5 Å². The highest BCUT2D eigenvalue weighted by Gasteiger charge is 2.27. The van der Waals surface area contributed by atoms with Gasteiger partial charge in [-0.15, -0.1) is 11.8 Å². The number of nitrogens with zero attached hydrogens (tertiary/aromatic N) is 1. The molecule has 0 fully saturated rings. The van der Waals surface area contributed by atoms with Crippen molar-refractivity contribution in [1.82, 2.24) is 0 Å². The highest BCUT2D eigenvalue weighted by Crippen LogP contribution is 2.39. The quantitative estimate of drug-likeness (QED) is 0.888. The average molecular weight is 377 g/mol. The number of benzene rings is 2. The molecular weight excluding hydrogens is 356 g/mol. The highest BCUT2D eigenvalue weighted by molar-refractivity contribution is 8.00. The molecule has 2 aromatic rings. The Morgan fingerprint density at radius 2 is 2.00 bits per heavy atom. The van der Waals surface area contributed by atoms with E-state index >= 15 is 0 Å². The molecule has 3 rings (SSSR count). The van der Waals surface area contributed by atoms with Gasteiger partial charge in [0.15, 0.2) is 0 Å². The second kappa shape index (κ2) is 6.72. The van der Waals surface area contributed by atoms with Crippen LogP contribution in [0.1, 0.15) is 19.4 Å². The fourth-order valence-electron chi connectivity index (χ4n) is 2.81. The number of sulfonamides is 1. The maximum absolute atomic E-state index is 12.7. The number of anilines is 2. The summed E-state index contributed by atoms with van der Waals surface area (Å²) >= 11 is 1.65. The molecule has 0 saturated carbocycles. The number of hydrogen-bond acceptors (Lipinski definition) is 4. The number of amides is 1. The van der Waals surface area contributed by atoms with Gasteiger partial charge in [0.1, 0.15) is 0 Å². The van der Waals surface area contributed by atoms with Crippen molar-refractivity contribution in [3.05, 3.63) is 48.0 Å². The number of hydrogen-bond donors (Lipinski definition) is 1. The van der Waals surface area contributed by atoms with Gasteiger partial charge in [-0.25, -0.2) is 8.42 Å². The minimum atomic E-state index is -3.72. The highest BCUT2D eigenvalue weighted by atomic mass is 32.2. The fourth-order valence-corrected chi connectivity index (χ4v) is 4.97. The van der Waals surface area contributed by atoms with Gasteiger partial charge in [0.25, 0.3) is 10.0 Å². The van der Waals surface area contributed by atoms with Crippen LogP contribution in [0.25, 0.3) is 0 Å². The fraction of sp³-hybridized carbons (Fsp3) is 0.278. The van der Waals surface area contributed by atoms with Gasteiger partial charge in [-0.05, 0) is 42.8 Å². The first-order chi connectivity index (χ1) is 11.8. The molecule has 0 spiro atoms. The summed E-state index contributed by atoms with van der Waals surface area (Å²) in [5.41, 5.74) is 2.14. The van der Waals surface area contributed by atoms with Crippen LogP contribution in [-0.4, -0.2) is 26.1 Å². The average Bonchev–Trinajstić information content (AvgIpc) is 2.53. The first-order valence-electron chi connectivity index (χ1n) is 7.94. The molecule has 0 bridgehead atoms. The Morgan fingerprint density at radius 3 is 2.68 bits per heavy atom. The normalized spacial score (nSPS) is 17.1. The molecule has 7 heteroatoms. The van der Waals surface area contributed by atoms with Crippen molar-refractivity contribution < 1.29 is 13.2 Å². The summed E-state index contributed by atoms with van der Waals surface area (Å²) in [5.74, 6) is -0.0883. The van der Waals surface area contributed by atoms with E-state index in [1.807, 2.05) is 19.9 Å². The third-order valence-electron chi connectivity index (χ3n) is 3.95. The third kappa shape index (κ3) is 3.82. The molecule has 1 N–H and O–H groups in total. The van der Waals surface area contributed by atoms with E-state index in [-0.39, 0.29) is 16.1 Å². The predicted molar refractivity (Wildman–Crippen MR) is 102 cm³/mol. The minimum Gasteiger partial charge on any atom is -0.310 e. The van der Waals surface area contributed by atoms with E-state index in [4.69, 9.17) is 0 Å². The van der Waals surface area contributed by atoms with Crippen LogP contribution in [0.15, 0.2) is 52.3 Å². The summed E-state index contributed by atoms with van der Waals surface area (Å²) in [7, 11) is -3.72. The first kappa shape index (κ1) is 17.8. The number of thioether (sulfide) groups is 1. The summed E-state index contributed by atoms with van der Waals surface area (Å²) in [6.45, 7) is 6.02. The Kier molecular flexibility index (Phi) is 4.79. The lowest BCUT2D eigenvalue weighted by molar-refractivity contribution is -0.116. The van der Waals surface area contributed by atoms with Crippen LogP contribution >= 0.6 is 11.8 Å². The van der Waals surface area contributed by atoms with E-state index in [2.05, 4.69) is 4.72 Å². The van der Waals surface area contributed by atoms with Crippen molar-refractivity contribution in [3.8, 4) is 0 Å². The van der Waals surface area contributed by atoms with Gasteiger partial charge in [0.2, 0.25) is 5.91 Å². The van der Waals surface area contributed by atoms with Crippen molar-refractivity contribution in [2.75, 3.05) is 16.2 Å². The van der Waals surface area contributed by atoms with Crippen molar-refractivity contribution in [3.63, 3.8) is 0 Å². The molecule has 1 aliphatic heterocycles. The Balaban J connectivity index is 1.98. The second-order valence-corrected chi connectivity index (χ2v) is 9.33. The molecule has 0 unspecified atom stereocenters. The largest absolute Gasteiger partial charge is 0.310 e. The number of carbonyl (C=O) groups is 1. The van der Waals surface area contributed by atoms with Crippen LogP contribution in [0.3, 0.4) is 0 Å². The van der Waals surface area contributed by atoms with Crippen LogP contribution in [0.5, 0.6) is 0 Å². The second-order valence-electron chi connectivity index (χ2n) is 6.16. The van der Waals surface area contributed by atoms with Crippen LogP contribution in [0.4, 0.5) is 11.4 Å². The van der Waals surface area contributed by atoms with E-state index in [0.717, 1.165) is 10.5 Å². The summed E-state index contributed by atoms with van der Waals surface area (Å²) < 4.78 is 28.0. The molecule has 0 radical (unpaired) electrons. The molecule has 25 heavy (non-hydrogen) atoms. The third-order valence-corrected chi connectivity index (χ3v) is 6.48. The van der Waals surface area contributed by atoms with Crippen molar-refractivity contribution in [2.24, 2.45) is 0 Å². The van der Waals surface area contributed by atoms with Gasteiger partial charge in [0, 0.05) is 29.3 Å². The number of nitrogens with one attached hydrogen (secondary N) is 1. The lowest BCUT2D eigenvalue weighted by Crippen LogP contribution is -2.37. The van der Waals surface area contributed by atoms with Crippen LogP contribution in [0.2, 0.25) is 0 Å². The lowest BCUT2D eigenvalue weighted by atomic mass is 10.2. The molecule has 0 saturated heterocycles. The maximum atomic E-state index is 12.7. The standard InChI is InChI=1S/C18H20N2O3S2/c1-12-5-4-6-15(9-12)19-25(22,23)16-7-8-18-17(10-16)20(14(3)21)11-13(2)24-18/h4-10,13,19H,11H2,1-3H3/t13-/m0/s1. The Morgan fingerprint density at radius 1 is 1.24 bits per heavy atom. The molecule has 1 aliphatic rings. The van der Waals surface area contributed by atoms with Crippen LogP contribution < -0.4 is 9.62 Å². The summed E-state index contributed by atoms with van der Waals surface area (Å²) in [5, 5.41) is 0.268. The van der Waals surface area contributed by atoms with Crippen molar-refractivity contribution in [2.45, 2.75) is 35.8 Å². The van der Waals surface area contributed by atoms with Gasteiger partial charge in [-0.3, -0.25) is 9.52 Å². The van der Waals surface area contributed by atoms with Crippen molar-refractivity contribution >= 4 is 39.1 Å². The smallest absolute Gasteiger partial charge is 0.261 e. The van der Waals surface area contributed by atoms with Crippen LogP contribution in [-0.2, 0) is 14.8 Å². The van der Waals surface area contributed by atoms with E-state index in [9.17, 15) is 13.2 Å². The van der Waals surface area contributed by atoms with E-state index in [1.54, 1.807) is 53.1 Å². The zero-order valence-electron chi connectivity index (χ0n) is 14.3. The number of carbonyl (C=O) groups excluding carboxylic acids is 1. The minimum absolute atomic E-state index is 0.0883. The van der Waals surface area contributed by atoms with E-state index in [1.165, 1.54) is 6.92 Å². The molecule has 1 atom stereocenters. The van der Waals surface area contributed by atoms with Gasteiger partial charge in [0.05, 0.1) is 10.6 Å². The molecule has 0 aliphatic carbocycles. The lowest BCUT2D eigenvalue weighted by Gasteiger charge is -2.32. The summed E-state index contributed by atoms with van der Waals surface area (Å²) in [6, 6.07) is 12.1. The zero-order chi connectivity index (χ0) is 18.2. The molecule has 5 nitrogen and oxygen atoms in total. The molecule has 132 valence electrons. The number of fused-ring (bicyclic) bond motifs is 1. The monoisotopic (exact) mass is 376 g/mol. The molecule has 0 aromatic heterocycles. The van der Waals surface area contributed by atoms with E-state index in [0.29, 0.717) is 17.9 Å². The molecule has 1 amide bonds. The van der Waals surface area contributed by atoms with Gasteiger partial charge in [-0.1, -0.05) is 19.1 Å². The number of rotatable bonds is 3. The predicted octanol–water partition coefficient (Wildman–Crippen LogP) is 3.64. The van der Waals surface area contributed by atoms with Gasteiger partial charge in [-0.2, -0.15) is 0 Å². The Hall–Kier alpha value is -1.99. The Bertz CT molecular complexity index is 926. The van der Waals surface area contributed by atoms with Gasteiger partial charge >= 0.3 is 0 Å². The summed E-state index contributed by atoms with van der Waals surface area (Å²) in [6.07, 6.45) is 0.